The second-order valence-corrected chi connectivity index (χ2v) is 11.9. The van der Waals surface area contributed by atoms with Gasteiger partial charge in [0, 0.05) is 0 Å². The SMILES string of the molecule is C=CCCCP(=[Se])(OCCCCCC)c1ccc(Cl)cc1. The van der Waals surface area contributed by atoms with Gasteiger partial charge >= 0.3 is 142 Å². The molecule has 0 aliphatic rings. The van der Waals surface area contributed by atoms with Crippen LogP contribution in [-0.4, -0.2) is 27.9 Å². The average Bonchev–Trinajstić information content (AvgIpc) is 2.48. The van der Waals surface area contributed by atoms with Crippen molar-refractivity contribution in [1.82, 2.24) is 0 Å². The van der Waals surface area contributed by atoms with Crippen molar-refractivity contribution in [2.45, 2.75) is 45.4 Å². The zero-order chi connectivity index (χ0) is 15.6. The monoisotopic (exact) mass is 392 g/mol. The van der Waals surface area contributed by atoms with Crippen LogP contribution in [0.4, 0.5) is 0 Å². The molecule has 118 valence electrons. The standard InChI is InChI=1S/C17H26ClOPSe/c1-3-5-7-8-14-19-20(21,15-9-6-4-2)17-12-10-16(18)11-13-17/h4,10-13H,2-3,5-9,14-15H2,1H3. The van der Waals surface area contributed by atoms with Crippen LogP contribution in [0.25, 0.3) is 0 Å². The molecule has 1 aromatic rings. The van der Waals surface area contributed by atoms with Crippen LogP contribution in [0, 0.1) is 0 Å². The van der Waals surface area contributed by atoms with Gasteiger partial charge in [0.2, 0.25) is 0 Å². The first-order valence-corrected chi connectivity index (χ1v) is 12.2. The summed E-state index contributed by atoms with van der Waals surface area (Å²) in [6.07, 6.45) is 10.1. The zero-order valence-corrected chi connectivity index (χ0v) is 16.3. The molecule has 0 amide bonds. The molecule has 0 heterocycles. The summed E-state index contributed by atoms with van der Waals surface area (Å²) in [6.45, 7) is 6.88. The molecular weight excluding hydrogens is 366 g/mol. The number of rotatable bonds is 11. The Morgan fingerprint density at radius 2 is 1.90 bits per heavy atom. The zero-order valence-electron chi connectivity index (χ0n) is 12.9. The number of hydrogen-bond acceptors (Lipinski definition) is 1. The fraction of sp³-hybridized carbons (Fsp3) is 0.529. The van der Waals surface area contributed by atoms with Gasteiger partial charge in [-0.2, -0.15) is 0 Å². The van der Waals surface area contributed by atoms with Gasteiger partial charge in [-0.15, -0.1) is 0 Å². The Morgan fingerprint density at radius 1 is 1.19 bits per heavy atom. The molecule has 0 aliphatic heterocycles. The molecule has 21 heavy (non-hydrogen) atoms. The van der Waals surface area contributed by atoms with Crippen molar-refractivity contribution in [2.24, 2.45) is 0 Å². The van der Waals surface area contributed by atoms with Gasteiger partial charge in [0.25, 0.3) is 0 Å². The first-order chi connectivity index (χ1) is 10.1. The van der Waals surface area contributed by atoms with Crippen LogP contribution in [-0.2, 0) is 4.52 Å². The summed E-state index contributed by atoms with van der Waals surface area (Å²) in [4.78, 5) is 0. The van der Waals surface area contributed by atoms with E-state index >= 15 is 0 Å². The van der Waals surface area contributed by atoms with Gasteiger partial charge in [0.15, 0.2) is 0 Å². The molecule has 0 spiro atoms. The molecule has 0 aromatic heterocycles. The van der Waals surface area contributed by atoms with Crippen LogP contribution < -0.4 is 5.30 Å². The molecule has 1 nitrogen and oxygen atoms in total. The number of hydrogen-bond donors (Lipinski definition) is 0. The Kier molecular flexibility index (Phi) is 9.89. The number of allylic oxidation sites excluding steroid dienone is 1. The molecule has 0 radical (unpaired) electrons. The number of unbranched alkanes of at least 4 members (excludes halogenated alkanes) is 4. The quantitative estimate of drug-likeness (QED) is 0.208. The van der Waals surface area contributed by atoms with Gasteiger partial charge in [0.05, 0.1) is 0 Å². The third-order valence-corrected chi connectivity index (χ3v) is 9.36. The van der Waals surface area contributed by atoms with Crippen molar-refractivity contribution in [3.8, 4) is 0 Å². The summed E-state index contributed by atoms with van der Waals surface area (Å²) in [7, 11) is 0. The number of halogens is 1. The van der Waals surface area contributed by atoms with Crippen LogP contribution in [0.2, 0.25) is 5.02 Å². The van der Waals surface area contributed by atoms with E-state index in [1.807, 2.05) is 18.2 Å². The summed E-state index contributed by atoms with van der Waals surface area (Å²) in [6, 6.07) is 8.12. The summed E-state index contributed by atoms with van der Waals surface area (Å²) in [5.74, 6) is 0. The van der Waals surface area contributed by atoms with E-state index in [0.29, 0.717) is 0 Å². The van der Waals surface area contributed by atoms with E-state index in [2.05, 4.69) is 40.7 Å². The average molecular weight is 392 g/mol. The van der Waals surface area contributed by atoms with Crippen LogP contribution in [0.1, 0.15) is 45.4 Å². The van der Waals surface area contributed by atoms with Gasteiger partial charge in [0.1, 0.15) is 0 Å². The molecule has 0 bridgehead atoms. The molecule has 1 unspecified atom stereocenters. The molecule has 1 rings (SSSR count). The molecule has 0 fully saturated rings. The van der Waals surface area contributed by atoms with Crippen LogP contribution in [0.15, 0.2) is 36.9 Å². The summed E-state index contributed by atoms with van der Waals surface area (Å²) in [5.41, 5.74) is -1.65. The Morgan fingerprint density at radius 3 is 2.52 bits per heavy atom. The van der Waals surface area contributed by atoms with E-state index in [1.165, 1.54) is 24.6 Å². The number of benzene rings is 1. The summed E-state index contributed by atoms with van der Waals surface area (Å²) < 4.78 is 6.33. The molecule has 0 aliphatic carbocycles. The van der Waals surface area contributed by atoms with Gasteiger partial charge in [-0.05, 0) is 0 Å². The van der Waals surface area contributed by atoms with Crippen molar-refractivity contribution in [2.75, 3.05) is 12.8 Å². The van der Waals surface area contributed by atoms with E-state index in [-0.39, 0.29) is 0 Å². The van der Waals surface area contributed by atoms with Crippen molar-refractivity contribution in [3.05, 3.63) is 41.9 Å². The van der Waals surface area contributed by atoms with Crippen LogP contribution in [0.5, 0.6) is 0 Å². The molecule has 1 aromatic carbocycles. The third kappa shape index (κ3) is 7.31. The fourth-order valence-corrected chi connectivity index (χ4v) is 6.46. The van der Waals surface area contributed by atoms with E-state index in [0.717, 1.165) is 37.1 Å². The maximum absolute atomic E-state index is 6.33. The van der Waals surface area contributed by atoms with Crippen molar-refractivity contribution < 1.29 is 4.52 Å². The predicted molar refractivity (Wildman–Crippen MR) is 98.2 cm³/mol. The van der Waals surface area contributed by atoms with Crippen molar-refractivity contribution in [3.63, 3.8) is 0 Å². The van der Waals surface area contributed by atoms with Crippen molar-refractivity contribution >= 4 is 37.7 Å². The Bertz CT molecular complexity index is 458. The van der Waals surface area contributed by atoms with Crippen molar-refractivity contribution in [1.29, 1.82) is 0 Å². The Hall–Kier alpha value is 0.159. The summed E-state index contributed by atoms with van der Waals surface area (Å²) in [5, 5.41) is 2.05. The normalized spacial score (nSPS) is 13.8. The maximum atomic E-state index is 6.33. The fourth-order valence-electron chi connectivity index (χ4n) is 2.12. The second kappa shape index (κ2) is 10.8. The molecule has 0 saturated carbocycles. The third-order valence-electron chi connectivity index (χ3n) is 3.38. The Balaban J connectivity index is 2.67. The van der Waals surface area contributed by atoms with Crippen LogP contribution in [0.3, 0.4) is 0 Å². The molecule has 0 saturated heterocycles. The molecule has 0 N–H and O–H groups in total. The Labute approximate surface area is 142 Å². The van der Waals surface area contributed by atoms with Gasteiger partial charge in [-0.25, -0.2) is 0 Å². The first-order valence-electron chi connectivity index (χ1n) is 7.73. The van der Waals surface area contributed by atoms with E-state index in [4.69, 9.17) is 16.1 Å². The molecular formula is C17H26ClOPSe. The second-order valence-electron chi connectivity index (χ2n) is 5.20. The molecule has 1 atom stereocenters. The van der Waals surface area contributed by atoms with E-state index in [9.17, 15) is 0 Å². The molecule has 4 heteroatoms. The van der Waals surface area contributed by atoms with Gasteiger partial charge in [-0.1, -0.05) is 0 Å². The minimum absolute atomic E-state index is 0.777. The predicted octanol–water partition coefficient (Wildman–Crippen LogP) is 5.54. The minimum atomic E-state index is -1.65. The van der Waals surface area contributed by atoms with Crippen LogP contribution >= 0.6 is 17.3 Å². The van der Waals surface area contributed by atoms with Gasteiger partial charge in [-0.3, -0.25) is 0 Å². The van der Waals surface area contributed by atoms with E-state index in [1.54, 1.807) is 0 Å². The topological polar surface area (TPSA) is 9.23 Å². The van der Waals surface area contributed by atoms with E-state index < -0.39 is 5.74 Å². The first kappa shape index (κ1) is 19.2. The summed E-state index contributed by atoms with van der Waals surface area (Å²) >= 11 is 9.39. The van der Waals surface area contributed by atoms with Gasteiger partial charge < -0.3 is 0 Å².